The van der Waals surface area contributed by atoms with Crippen LogP contribution in [0.15, 0.2) is 18.2 Å². The summed E-state index contributed by atoms with van der Waals surface area (Å²) in [7, 11) is 0. The van der Waals surface area contributed by atoms with Crippen LogP contribution in [0, 0.1) is 10.1 Å². The molecule has 0 heterocycles. The second kappa shape index (κ2) is 4.37. The Bertz CT molecular complexity index is 302. The predicted octanol–water partition coefficient (Wildman–Crippen LogP) is -0.352. The molecule has 0 radical (unpaired) electrons. The van der Waals surface area contributed by atoms with E-state index in [1.165, 1.54) is 6.07 Å². The van der Waals surface area contributed by atoms with Gasteiger partial charge in [-0.1, -0.05) is 0 Å². The van der Waals surface area contributed by atoms with Crippen LogP contribution in [0.2, 0.25) is 0 Å². The number of phenols is 1. The molecule has 1 rings (SSSR count). The molecule has 0 saturated heterocycles. The third-order valence-electron chi connectivity index (χ3n) is 1.29. The Labute approximate surface area is 84.4 Å². The van der Waals surface area contributed by atoms with Crippen molar-refractivity contribution in [2.45, 2.75) is 0 Å². The van der Waals surface area contributed by atoms with Crippen molar-refractivity contribution in [3.63, 3.8) is 0 Å². The van der Waals surface area contributed by atoms with Crippen molar-refractivity contribution in [3.05, 3.63) is 28.3 Å². The molecule has 0 atom stereocenters. The summed E-state index contributed by atoms with van der Waals surface area (Å²) in [5.41, 5.74) is -0.197. The Kier molecular flexibility index (Phi) is 4.12. The van der Waals surface area contributed by atoms with E-state index in [0.717, 1.165) is 0 Å². The topological polar surface area (TPSA) is 94.9 Å². The van der Waals surface area contributed by atoms with Crippen LogP contribution in [0.3, 0.4) is 0 Å². The molecule has 6 heteroatoms. The van der Waals surface area contributed by atoms with Crippen molar-refractivity contribution in [3.8, 4) is 5.75 Å². The van der Waals surface area contributed by atoms with E-state index in [4.69, 9.17) is 0 Å². The van der Waals surface area contributed by atoms with E-state index >= 15 is 0 Å². The third-order valence-corrected chi connectivity index (χ3v) is 3.51. The maximum atomic E-state index is 10.2. The average Bonchev–Trinajstić information content (AvgIpc) is 1.94. The molecule has 0 aliphatic rings. The number of nitro groups is 1. The first-order valence-electron chi connectivity index (χ1n) is 2.91. The predicted molar refractivity (Wildman–Crippen MR) is 38.0 cm³/mol. The van der Waals surface area contributed by atoms with Crippen LogP contribution in [0.4, 0.5) is 5.69 Å². The molecule has 0 fully saturated rings. The summed E-state index contributed by atoms with van der Waals surface area (Å²) in [5, 5.41) is 19.4. The van der Waals surface area contributed by atoms with Gasteiger partial charge >= 0.3 is 79.0 Å². The third kappa shape index (κ3) is 2.15. The van der Waals surface area contributed by atoms with Crippen molar-refractivity contribution >= 4 is 8.76 Å². The molecular weight excluding hydrogens is 351 g/mol. The SMILES string of the molecule is O.O=[N+]([O-])c1ccc[c]([Hg])c1O. The summed E-state index contributed by atoms with van der Waals surface area (Å²) < 4.78 is 0.708. The number of benzene rings is 1. The molecule has 0 unspecified atom stereocenters. The van der Waals surface area contributed by atoms with Crippen molar-refractivity contribution in [2.24, 2.45) is 0 Å². The summed E-state index contributed by atoms with van der Waals surface area (Å²) in [4.78, 5) is 9.66. The average molecular weight is 357 g/mol. The molecule has 0 spiro atoms. The molecule has 1 aromatic rings. The number of hydrogen-bond donors (Lipinski definition) is 1. The molecule has 1 aromatic carbocycles. The van der Waals surface area contributed by atoms with E-state index in [-0.39, 0.29) is 43.0 Å². The number of nitro benzene ring substituents is 1. The first kappa shape index (κ1) is 11.3. The first-order chi connectivity index (χ1) is 5.13. The molecule has 0 saturated carbocycles. The molecule has 0 aliphatic heterocycles. The Morgan fingerprint density at radius 1 is 1.50 bits per heavy atom. The number of nitrogens with zero attached hydrogens (tertiary/aromatic N) is 1. The van der Waals surface area contributed by atoms with Gasteiger partial charge in [-0.3, -0.25) is 0 Å². The molecule has 3 N–H and O–H groups in total. The van der Waals surface area contributed by atoms with Crippen LogP contribution >= 0.6 is 0 Å². The minimum atomic E-state index is -0.578. The fraction of sp³-hybridized carbons (Fsp3) is 0. The van der Waals surface area contributed by atoms with Crippen molar-refractivity contribution in [2.75, 3.05) is 0 Å². The molecular formula is C6H6HgNO4. The van der Waals surface area contributed by atoms with E-state index in [0.29, 0.717) is 3.07 Å². The van der Waals surface area contributed by atoms with Gasteiger partial charge in [0.1, 0.15) is 0 Å². The molecule has 12 heavy (non-hydrogen) atoms. The summed E-state index contributed by atoms with van der Waals surface area (Å²) in [6.07, 6.45) is 0. The normalized spacial score (nSPS) is 8.83. The van der Waals surface area contributed by atoms with Gasteiger partial charge in [0.15, 0.2) is 0 Å². The number of aromatic hydroxyl groups is 1. The zero-order valence-corrected chi connectivity index (χ0v) is 11.6. The minimum absolute atomic E-state index is 0. The summed E-state index contributed by atoms with van der Waals surface area (Å²) in [6, 6.07) is 4.58. The van der Waals surface area contributed by atoms with Crippen molar-refractivity contribution in [1.82, 2.24) is 0 Å². The van der Waals surface area contributed by atoms with Crippen LogP contribution in [0.25, 0.3) is 0 Å². The van der Waals surface area contributed by atoms with Gasteiger partial charge in [0.05, 0.1) is 0 Å². The van der Waals surface area contributed by atoms with Crippen LogP contribution in [0.5, 0.6) is 5.75 Å². The number of para-hydroxylation sites is 1. The van der Waals surface area contributed by atoms with E-state index in [9.17, 15) is 15.2 Å². The van der Waals surface area contributed by atoms with Gasteiger partial charge in [-0.2, -0.15) is 0 Å². The fourth-order valence-corrected chi connectivity index (χ4v) is 1.96. The van der Waals surface area contributed by atoms with E-state index in [1.54, 1.807) is 12.1 Å². The van der Waals surface area contributed by atoms with Gasteiger partial charge in [-0.15, -0.1) is 0 Å². The first-order valence-corrected chi connectivity index (χ1v) is 5.66. The van der Waals surface area contributed by atoms with Gasteiger partial charge in [-0.25, -0.2) is 0 Å². The Morgan fingerprint density at radius 2 is 2.08 bits per heavy atom. The Balaban J connectivity index is 0.00000121. The van der Waals surface area contributed by atoms with Gasteiger partial charge in [0.2, 0.25) is 0 Å². The standard InChI is InChI=1S/C6H4NO3.Hg.H2O/c8-6-4-2-1-3-5(6)7(9)10;;/h1-3,8H;;1H2. The van der Waals surface area contributed by atoms with Crippen LogP contribution < -0.4 is 3.07 Å². The number of phenolic OH excluding ortho intramolecular Hbond substituents is 1. The van der Waals surface area contributed by atoms with Crippen LogP contribution in [-0.4, -0.2) is 15.5 Å². The summed E-state index contributed by atoms with van der Waals surface area (Å²) in [6.45, 7) is 0. The molecule has 0 bridgehead atoms. The quantitative estimate of drug-likeness (QED) is 0.423. The summed E-state index contributed by atoms with van der Waals surface area (Å²) in [5.74, 6) is -0.166. The zero-order chi connectivity index (χ0) is 8.43. The number of rotatable bonds is 1. The van der Waals surface area contributed by atoms with Gasteiger partial charge in [0.25, 0.3) is 0 Å². The molecule has 0 aliphatic carbocycles. The fourth-order valence-electron chi connectivity index (χ4n) is 0.725. The Hall–Kier alpha value is -0.685. The van der Waals surface area contributed by atoms with Gasteiger partial charge in [-0.05, 0) is 0 Å². The van der Waals surface area contributed by atoms with E-state index < -0.39 is 4.92 Å². The second-order valence-corrected chi connectivity index (χ2v) is 5.00. The molecule has 61 valence electrons. The van der Waals surface area contributed by atoms with Crippen LogP contribution in [0.1, 0.15) is 0 Å². The molecule has 0 amide bonds. The second-order valence-electron chi connectivity index (χ2n) is 2.04. The van der Waals surface area contributed by atoms with Gasteiger partial charge in [0, 0.05) is 0 Å². The van der Waals surface area contributed by atoms with E-state index in [1.807, 2.05) is 0 Å². The van der Waals surface area contributed by atoms with E-state index in [2.05, 4.69) is 0 Å². The number of hydrogen-bond acceptors (Lipinski definition) is 3. The molecule has 5 nitrogen and oxygen atoms in total. The Morgan fingerprint density at radius 3 is 2.50 bits per heavy atom. The zero-order valence-electron chi connectivity index (χ0n) is 6.15. The van der Waals surface area contributed by atoms with Crippen molar-refractivity contribution in [1.29, 1.82) is 0 Å². The monoisotopic (exact) mass is 358 g/mol. The summed E-state index contributed by atoms with van der Waals surface area (Å²) >= 11 is 0.217. The maximum absolute atomic E-state index is 10.2. The molecule has 0 aromatic heterocycles. The van der Waals surface area contributed by atoms with Crippen LogP contribution in [-0.2, 0) is 26.1 Å². The van der Waals surface area contributed by atoms with Crippen molar-refractivity contribution < 1.29 is 41.6 Å². The van der Waals surface area contributed by atoms with Gasteiger partial charge < -0.3 is 5.48 Å².